The molecule has 0 aliphatic rings. The summed E-state index contributed by atoms with van der Waals surface area (Å²) in [5.74, 6) is 1.35. The largest absolute Gasteiger partial charge is 0.451 e. The molecule has 5 aromatic rings. The summed E-state index contributed by atoms with van der Waals surface area (Å²) in [6.45, 7) is 2.02. The Morgan fingerprint density at radius 1 is 1.03 bits per heavy atom. The first-order valence-electron chi connectivity index (χ1n) is 9.59. The third kappa shape index (κ3) is 3.83. The molecule has 0 radical (unpaired) electrons. The topological polar surface area (TPSA) is 85.3 Å². The van der Waals surface area contributed by atoms with Crippen LogP contribution in [0.4, 0.5) is 5.69 Å². The first-order valence-corrected chi connectivity index (χ1v) is 10.8. The summed E-state index contributed by atoms with van der Waals surface area (Å²) in [7, 11) is 0. The van der Waals surface area contributed by atoms with Crippen LogP contribution in [0.3, 0.4) is 0 Å². The highest BCUT2D eigenvalue weighted by Crippen LogP contribution is 2.27. The average Bonchev–Trinajstić information content (AvgIpc) is 3.51. The van der Waals surface area contributed by atoms with E-state index >= 15 is 0 Å². The van der Waals surface area contributed by atoms with Crippen molar-refractivity contribution in [3.8, 4) is 21.9 Å². The normalized spacial score (nSPS) is 11.2. The molecule has 0 aliphatic carbocycles. The number of nitrogens with zero attached hydrogens (tertiary/aromatic N) is 4. The van der Waals surface area contributed by atoms with E-state index in [9.17, 15) is 4.79 Å². The van der Waals surface area contributed by atoms with Crippen LogP contribution in [0.15, 0.2) is 65.1 Å². The number of fused-ring (bicyclic) bond motifs is 1. The van der Waals surface area contributed by atoms with E-state index in [4.69, 9.17) is 16.0 Å². The molecule has 31 heavy (non-hydrogen) atoms. The number of nitrogens with one attached hydrogen (secondary N) is 1. The van der Waals surface area contributed by atoms with E-state index in [1.165, 1.54) is 11.3 Å². The van der Waals surface area contributed by atoms with Crippen molar-refractivity contribution in [3.63, 3.8) is 0 Å². The molecule has 0 spiro atoms. The van der Waals surface area contributed by atoms with E-state index in [-0.39, 0.29) is 11.7 Å². The van der Waals surface area contributed by atoms with Crippen LogP contribution in [0.5, 0.6) is 0 Å². The Morgan fingerprint density at radius 3 is 2.52 bits per heavy atom. The Kier molecular flexibility index (Phi) is 5.01. The van der Waals surface area contributed by atoms with Gasteiger partial charge in [-0.3, -0.25) is 4.79 Å². The van der Waals surface area contributed by atoms with Crippen molar-refractivity contribution in [1.82, 2.24) is 19.8 Å². The number of benzene rings is 2. The lowest BCUT2D eigenvalue weighted by Crippen LogP contribution is -2.10. The van der Waals surface area contributed by atoms with Gasteiger partial charge in [0.25, 0.3) is 5.91 Å². The monoisotopic (exact) mass is 449 g/mol. The fourth-order valence-electron chi connectivity index (χ4n) is 3.11. The summed E-state index contributed by atoms with van der Waals surface area (Å²) in [4.78, 5) is 13.3. The summed E-state index contributed by atoms with van der Waals surface area (Å²) in [5.41, 5.74) is 2.46. The predicted molar refractivity (Wildman–Crippen MR) is 121 cm³/mol. The van der Waals surface area contributed by atoms with Crippen LogP contribution in [0.1, 0.15) is 23.3 Å². The molecular formula is C22H16ClN5O2S. The molecule has 3 aromatic heterocycles. The van der Waals surface area contributed by atoms with Gasteiger partial charge in [0.15, 0.2) is 11.6 Å². The third-order valence-corrected chi connectivity index (χ3v) is 5.92. The number of aromatic nitrogens is 4. The average molecular weight is 450 g/mol. The molecule has 7 nitrogen and oxygen atoms in total. The maximum absolute atomic E-state index is 12.6. The van der Waals surface area contributed by atoms with Crippen LogP contribution < -0.4 is 5.32 Å². The summed E-state index contributed by atoms with van der Waals surface area (Å²) in [5, 5.41) is 17.2. The first kappa shape index (κ1) is 19.5. The summed E-state index contributed by atoms with van der Waals surface area (Å²) < 4.78 is 7.47. The number of rotatable bonds is 5. The van der Waals surface area contributed by atoms with Gasteiger partial charge in [-0.25, -0.2) is 0 Å². The van der Waals surface area contributed by atoms with Crippen molar-refractivity contribution >= 4 is 39.5 Å². The fraction of sp³-hybridized carbons (Fsp3) is 0.0909. The van der Waals surface area contributed by atoms with Gasteiger partial charge in [0.1, 0.15) is 10.8 Å². The maximum Gasteiger partial charge on any atom is 0.291 e. The molecule has 0 bridgehead atoms. The smallest absolute Gasteiger partial charge is 0.291 e. The SMILES string of the molecule is CCc1nnc2sc(-c3ccc(NC(=O)c4ccc(-c5ccc(Cl)cc5)o4)cc3)nn12. The molecule has 0 saturated carbocycles. The van der Waals surface area contributed by atoms with Gasteiger partial charge in [0.2, 0.25) is 4.96 Å². The van der Waals surface area contributed by atoms with Gasteiger partial charge in [-0.15, -0.1) is 10.2 Å². The molecule has 0 unspecified atom stereocenters. The number of amides is 1. The van der Waals surface area contributed by atoms with E-state index in [1.54, 1.807) is 28.8 Å². The molecule has 154 valence electrons. The molecule has 1 amide bonds. The molecular weight excluding hydrogens is 434 g/mol. The predicted octanol–water partition coefficient (Wildman–Crippen LogP) is 5.58. The minimum Gasteiger partial charge on any atom is -0.451 e. The van der Waals surface area contributed by atoms with E-state index in [0.717, 1.165) is 33.3 Å². The first-order chi connectivity index (χ1) is 15.1. The molecule has 0 saturated heterocycles. The fourth-order valence-corrected chi connectivity index (χ4v) is 4.10. The zero-order chi connectivity index (χ0) is 21.4. The van der Waals surface area contributed by atoms with Gasteiger partial charge in [0, 0.05) is 28.3 Å². The summed E-state index contributed by atoms with van der Waals surface area (Å²) in [6, 6.07) is 18.1. The minimum atomic E-state index is -0.320. The van der Waals surface area contributed by atoms with Crippen molar-refractivity contribution in [3.05, 3.63) is 77.3 Å². The van der Waals surface area contributed by atoms with E-state index in [2.05, 4.69) is 20.6 Å². The zero-order valence-corrected chi connectivity index (χ0v) is 17.9. The van der Waals surface area contributed by atoms with Gasteiger partial charge in [-0.05, 0) is 60.7 Å². The zero-order valence-electron chi connectivity index (χ0n) is 16.4. The number of carbonyl (C=O) groups excluding carboxylic acids is 1. The number of anilines is 1. The standard InChI is InChI=1S/C22H16ClN5O2S/c1-2-19-25-26-22-28(19)27-21(31-22)14-5-9-16(10-6-14)24-20(29)18-12-11-17(30-18)13-3-7-15(23)8-4-13/h3-12H,2H2,1H3,(H,24,29). The third-order valence-electron chi connectivity index (χ3n) is 4.72. The van der Waals surface area contributed by atoms with Crippen LogP contribution >= 0.6 is 22.9 Å². The Balaban J connectivity index is 1.30. The van der Waals surface area contributed by atoms with E-state index < -0.39 is 0 Å². The van der Waals surface area contributed by atoms with Crippen LogP contribution in [0.25, 0.3) is 26.9 Å². The van der Waals surface area contributed by atoms with Crippen LogP contribution in [-0.4, -0.2) is 25.7 Å². The van der Waals surface area contributed by atoms with Crippen LogP contribution in [0, 0.1) is 0 Å². The Labute approximate surface area is 186 Å². The molecule has 5 rings (SSSR count). The van der Waals surface area contributed by atoms with Gasteiger partial charge in [0.05, 0.1) is 0 Å². The molecule has 0 aliphatic heterocycles. The molecule has 9 heteroatoms. The van der Waals surface area contributed by atoms with Crippen molar-refractivity contribution in [2.45, 2.75) is 13.3 Å². The lowest BCUT2D eigenvalue weighted by molar-refractivity contribution is 0.0997. The minimum absolute atomic E-state index is 0.231. The molecule has 2 aromatic carbocycles. The number of carbonyl (C=O) groups is 1. The highest BCUT2D eigenvalue weighted by Gasteiger charge is 2.14. The number of hydrogen-bond acceptors (Lipinski definition) is 6. The summed E-state index contributed by atoms with van der Waals surface area (Å²) in [6.07, 6.45) is 0.766. The van der Waals surface area contributed by atoms with Gasteiger partial charge in [-0.1, -0.05) is 29.9 Å². The molecule has 0 fully saturated rings. The molecule has 0 atom stereocenters. The lowest BCUT2D eigenvalue weighted by atomic mass is 10.2. The quantitative estimate of drug-likeness (QED) is 0.378. The van der Waals surface area contributed by atoms with Gasteiger partial charge < -0.3 is 9.73 Å². The van der Waals surface area contributed by atoms with E-state index in [1.807, 2.05) is 43.3 Å². The second-order valence-corrected chi connectivity index (χ2v) is 8.17. The highest BCUT2D eigenvalue weighted by atomic mass is 35.5. The Bertz CT molecular complexity index is 1370. The van der Waals surface area contributed by atoms with Crippen molar-refractivity contribution < 1.29 is 9.21 Å². The van der Waals surface area contributed by atoms with Crippen molar-refractivity contribution in [1.29, 1.82) is 0 Å². The summed E-state index contributed by atoms with van der Waals surface area (Å²) >= 11 is 7.39. The lowest BCUT2D eigenvalue weighted by Gasteiger charge is -2.04. The highest BCUT2D eigenvalue weighted by molar-refractivity contribution is 7.19. The second kappa shape index (κ2) is 7.98. The Morgan fingerprint density at radius 2 is 1.77 bits per heavy atom. The van der Waals surface area contributed by atoms with Gasteiger partial charge in [-0.2, -0.15) is 9.61 Å². The number of aryl methyl sites for hydroxylation is 1. The molecule has 1 N–H and O–H groups in total. The maximum atomic E-state index is 12.6. The van der Waals surface area contributed by atoms with Crippen LogP contribution in [-0.2, 0) is 6.42 Å². The second-order valence-electron chi connectivity index (χ2n) is 6.77. The van der Waals surface area contributed by atoms with Crippen LogP contribution in [0.2, 0.25) is 5.02 Å². The molecule has 3 heterocycles. The number of hydrogen-bond donors (Lipinski definition) is 1. The number of furan rings is 1. The van der Waals surface area contributed by atoms with E-state index in [0.29, 0.717) is 16.5 Å². The number of halogens is 1. The van der Waals surface area contributed by atoms with Crippen molar-refractivity contribution in [2.75, 3.05) is 5.32 Å². The van der Waals surface area contributed by atoms with Gasteiger partial charge >= 0.3 is 0 Å². The van der Waals surface area contributed by atoms with Crippen molar-refractivity contribution in [2.24, 2.45) is 0 Å². The Hall–Kier alpha value is -3.49.